The van der Waals surface area contributed by atoms with Crippen LogP contribution < -0.4 is 9.64 Å². The lowest BCUT2D eigenvalue weighted by molar-refractivity contribution is -0.142. The number of allylic oxidation sites excluding steroid dienone is 1. The fourth-order valence-corrected chi connectivity index (χ4v) is 5.93. The normalized spacial score (nSPS) is 25.3. The molecule has 2 amide bonds. The maximum Gasteiger partial charge on any atom is 0.319 e. The molecule has 2 heterocycles. The number of imide groups is 1. The molecule has 6 heteroatoms. The van der Waals surface area contributed by atoms with E-state index < -0.39 is 23.7 Å². The summed E-state index contributed by atoms with van der Waals surface area (Å²) in [5, 5.41) is 0. The van der Waals surface area contributed by atoms with Crippen LogP contribution in [-0.4, -0.2) is 17.8 Å². The Balaban J connectivity index is 1.56. The van der Waals surface area contributed by atoms with Crippen LogP contribution >= 0.6 is 15.9 Å². The number of hydrogen-bond acceptors (Lipinski definition) is 4. The van der Waals surface area contributed by atoms with E-state index in [0.717, 1.165) is 26.7 Å². The third-order valence-corrected chi connectivity index (χ3v) is 7.49. The average Bonchev–Trinajstić information content (AvgIpc) is 3.09. The van der Waals surface area contributed by atoms with E-state index in [1.54, 1.807) is 18.2 Å². The molecule has 3 aromatic rings. The highest BCUT2D eigenvalue weighted by Gasteiger charge is 2.60. The predicted octanol–water partition coefficient (Wildman–Crippen LogP) is 5.28. The van der Waals surface area contributed by atoms with Gasteiger partial charge in [0, 0.05) is 16.0 Å². The van der Waals surface area contributed by atoms with Crippen LogP contribution in [0.2, 0.25) is 0 Å². The molecule has 1 saturated heterocycles. The summed E-state index contributed by atoms with van der Waals surface area (Å²) < 4.78 is 6.47. The highest BCUT2D eigenvalue weighted by atomic mass is 79.9. The fourth-order valence-electron chi connectivity index (χ4n) is 5.54. The van der Waals surface area contributed by atoms with Crippen LogP contribution in [0.1, 0.15) is 22.6 Å². The van der Waals surface area contributed by atoms with Gasteiger partial charge in [0.2, 0.25) is 11.8 Å². The summed E-state index contributed by atoms with van der Waals surface area (Å²) in [6.07, 6.45) is 2.01. The van der Waals surface area contributed by atoms with Crippen molar-refractivity contribution in [1.82, 2.24) is 0 Å². The molecule has 0 unspecified atom stereocenters. The molecule has 1 fully saturated rings. The second kappa shape index (κ2) is 7.77. The van der Waals surface area contributed by atoms with Crippen molar-refractivity contribution in [1.29, 1.82) is 0 Å². The van der Waals surface area contributed by atoms with E-state index in [-0.39, 0.29) is 17.7 Å². The zero-order valence-corrected chi connectivity index (χ0v) is 19.9. The lowest BCUT2D eigenvalue weighted by atomic mass is 9.64. The first-order valence-electron chi connectivity index (χ1n) is 11.2. The summed E-state index contributed by atoms with van der Waals surface area (Å²) in [5.41, 5.74) is 3.97. The molecule has 168 valence electrons. The van der Waals surface area contributed by atoms with Gasteiger partial charge < -0.3 is 4.74 Å². The summed E-state index contributed by atoms with van der Waals surface area (Å²) in [7, 11) is 0. The number of benzene rings is 3. The van der Waals surface area contributed by atoms with Crippen molar-refractivity contribution in [2.75, 3.05) is 4.90 Å². The van der Waals surface area contributed by atoms with Gasteiger partial charge in [0.25, 0.3) is 0 Å². The zero-order chi connectivity index (χ0) is 23.6. The van der Waals surface area contributed by atoms with Crippen molar-refractivity contribution < 1.29 is 19.1 Å². The topological polar surface area (TPSA) is 63.7 Å². The third-order valence-electron chi connectivity index (χ3n) is 7.00. The zero-order valence-electron chi connectivity index (χ0n) is 18.3. The fraction of sp³-hybridized carbons (Fsp3) is 0.179. The van der Waals surface area contributed by atoms with Gasteiger partial charge in [-0.2, -0.15) is 0 Å². The van der Waals surface area contributed by atoms with E-state index >= 15 is 0 Å². The van der Waals surface area contributed by atoms with Gasteiger partial charge in [-0.05, 0) is 47.9 Å². The summed E-state index contributed by atoms with van der Waals surface area (Å²) in [6.45, 7) is 1.94. The van der Waals surface area contributed by atoms with Gasteiger partial charge in [-0.25, -0.2) is 4.90 Å². The number of ether oxygens (including phenoxy) is 1. The smallest absolute Gasteiger partial charge is 0.319 e. The molecular weight excluding hydrogens is 494 g/mol. The molecule has 6 rings (SSSR count). The van der Waals surface area contributed by atoms with E-state index in [1.165, 1.54) is 4.90 Å². The Hall–Kier alpha value is -3.51. The summed E-state index contributed by atoms with van der Waals surface area (Å²) in [4.78, 5) is 42.2. The van der Waals surface area contributed by atoms with Crippen LogP contribution in [0.4, 0.5) is 5.69 Å². The summed E-state index contributed by atoms with van der Waals surface area (Å²) in [6, 6.07) is 22.6. The van der Waals surface area contributed by atoms with Crippen LogP contribution in [0.25, 0.3) is 5.57 Å². The number of halogens is 1. The minimum Gasteiger partial charge on any atom is -0.425 e. The Morgan fingerprint density at radius 1 is 0.853 bits per heavy atom. The first-order chi connectivity index (χ1) is 16.4. The molecule has 0 spiro atoms. The number of rotatable bonds is 2. The molecule has 2 aliphatic heterocycles. The van der Waals surface area contributed by atoms with Crippen LogP contribution in [-0.2, 0) is 14.4 Å². The standard InChI is InChI=1S/C28H20BrNO4/c1-15-10-11-19-21-14-20(16-6-3-2-4-7-16)23-25(24(21)28(33)34-22(19)12-15)27(32)30(26(23)31)18-9-5-8-17(29)13-18/h2-14,20,23-25H,1H3/t20-,23+,24-,25+/m1/s1. The quantitative estimate of drug-likeness (QED) is 0.265. The number of carbonyl (C=O) groups excluding carboxylic acids is 3. The van der Waals surface area contributed by atoms with Gasteiger partial charge in [-0.15, -0.1) is 0 Å². The SMILES string of the molecule is Cc1ccc2c(c1)OC(=O)[C@@H]1C2=C[C@H](c2ccccc2)[C@@H]2C(=O)N(c3cccc(Br)c3)C(=O)[C@H]12. The number of aryl methyl sites for hydroxylation is 1. The van der Waals surface area contributed by atoms with E-state index in [0.29, 0.717) is 11.4 Å². The number of nitrogens with zero attached hydrogens (tertiary/aromatic N) is 1. The second-order valence-electron chi connectivity index (χ2n) is 9.00. The van der Waals surface area contributed by atoms with Gasteiger partial charge in [0.1, 0.15) is 5.75 Å². The molecule has 3 aromatic carbocycles. The molecule has 0 aromatic heterocycles. The van der Waals surface area contributed by atoms with E-state index in [9.17, 15) is 14.4 Å². The van der Waals surface area contributed by atoms with Crippen LogP contribution in [0, 0.1) is 24.7 Å². The molecule has 0 N–H and O–H groups in total. The van der Waals surface area contributed by atoms with Crippen molar-refractivity contribution >= 4 is 45.0 Å². The Bertz CT molecular complexity index is 1400. The van der Waals surface area contributed by atoms with Crippen LogP contribution in [0.5, 0.6) is 5.75 Å². The monoisotopic (exact) mass is 513 g/mol. The number of esters is 1. The lowest BCUT2D eigenvalue weighted by Crippen LogP contribution is -2.42. The van der Waals surface area contributed by atoms with Crippen molar-refractivity contribution in [2.45, 2.75) is 12.8 Å². The predicted molar refractivity (Wildman–Crippen MR) is 131 cm³/mol. The second-order valence-corrected chi connectivity index (χ2v) is 9.92. The highest BCUT2D eigenvalue weighted by Crippen LogP contribution is 2.54. The number of fused-ring (bicyclic) bond motifs is 5. The number of anilines is 1. The molecule has 5 nitrogen and oxygen atoms in total. The van der Waals surface area contributed by atoms with Crippen molar-refractivity contribution in [3.63, 3.8) is 0 Å². The molecular formula is C28H20BrNO4. The average molecular weight is 514 g/mol. The minimum atomic E-state index is -0.835. The van der Waals surface area contributed by atoms with Crippen LogP contribution in [0.3, 0.4) is 0 Å². The van der Waals surface area contributed by atoms with Gasteiger partial charge in [0.15, 0.2) is 0 Å². The van der Waals surface area contributed by atoms with Crippen molar-refractivity contribution in [2.24, 2.45) is 17.8 Å². The first kappa shape index (κ1) is 21.1. The van der Waals surface area contributed by atoms with E-state index in [1.807, 2.05) is 67.6 Å². The molecule has 1 aliphatic carbocycles. The Morgan fingerprint density at radius 3 is 2.38 bits per heavy atom. The van der Waals surface area contributed by atoms with Gasteiger partial charge >= 0.3 is 5.97 Å². The van der Waals surface area contributed by atoms with Gasteiger partial charge in [-0.1, -0.05) is 70.5 Å². The maximum atomic E-state index is 13.9. The summed E-state index contributed by atoms with van der Waals surface area (Å²) >= 11 is 3.43. The Kier molecular flexibility index (Phi) is 4.81. The first-order valence-corrected chi connectivity index (χ1v) is 12.0. The molecule has 4 atom stereocenters. The molecule has 34 heavy (non-hydrogen) atoms. The van der Waals surface area contributed by atoms with Gasteiger partial charge in [-0.3, -0.25) is 14.4 Å². The highest BCUT2D eigenvalue weighted by molar-refractivity contribution is 9.10. The van der Waals surface area contributed by atoms with Crippen LogP contribution in [0.15, 0.2) is 83.3 Å². The molecule has 0 radical (unpaired) electrons. The Labute approximate surface area is 205 Å². The maximum absolute atomic E-state index is 13.9. The van der Waals surface area contributed by atoms with E-state index in [4.69, 9.17) is 4.74 Å². The number of hydrogen-bond donors (Lipinski definition) is 0. The number of carbonyl (C=O) groups is 3. The lowest BCUT2D eigenvalue weighted by Gasteiger charge is -2.38. The minimum absolute atomic E-state index is 0.292. The molecule has 0 bridgehead atoms. The number of amides is 2. The van der Waals surface area contributed by atoms with Crippen molar-refractivity contribution in [3.05, 3.63) is 100 Å². The van der Waals surface area contributed by atoms with E-state index in [2.05, 4.69) is 15.9 Å². The van der Waals surface area contributed by atoms with Gasteiger partial charge in [0.05, 0.1) is 23.4 Å². The van der Waals surface area contributed by atoms with Crippen molar-refractivity contribution in [3.8, 4) is 5.75 Å². The molecule has 0 saturated carbocycles. The largest absolute Gasteiger partial charge is 0.425 e. The summed E-state index contributed by atoms with van der Waals surface area (Å²) in [5.74, 6) is -3.33. The third kappa shape index (κ3) is 3.09. The Morgan fingerprint density at radius 2 is 1.62 bits per heavy atom. The molecule has 3 aliphatic rings.